The molecule has 0 amide bonds. The third-order valence-corrected chi connectivity index (χ3v) is 4.39. The van der Waals surface area contributed by atoms with E-state index in [4.69, 9.17) is 9.47 Å². The van der Waals surface area contributed by atoms with Gasteiger partial charge in [-0.15, -0.1) is 0 Å². The van der Waals surface area contributed by atoms with E-state index in [1.165, 1.54) is 11.1 Å². The van der Waals surface area contributed by atoms with Gasteiger partial charge in [0, 0.05) is 12.8 Å². The Bertz CT molecular complexity index is 654. The molecule has 0 aliphatic rings. The molecule has 2 aromatic carbocycles. The van der Waals surface area contributed by atoms with Crippen LogP contribution in [-0.4, -0.2) is 11.9 Å². The Morgan fingerprint density at radius 2 is 1.00 bits per heavy atom. The minimum absolute atomic E-state index is 0.238. The smallest absolute Gasteiger partial charge is 0.311 e. The normalized spacial score (nSPS) is 10.4. The molecule has 0 radical (unpaired) electrons. The zero-order chi connectivity index (χ0) is 19.5. The maximum Gasteiger partial charge on any atom is 0.311 e. The van der Waals surface area contributed by atoms with Crippen LogP contribution in [0.3, 0.4) is 0 Å². The van der Waals surface area contributed by atoms with Crippen molar-refractivity contribution < 1.29 is 19.1 Å². The average Bonchev–Trinajstić information content (AvgIpc) is 2.69. The van der Waals surface area contributed by atoms with Crippen molar-refractivity contribution in [3.05, 3.63) is 59.7 Å². The second-order valence-electron chi connectivity index (χ2n) is 6.50. The summed E-state index contributed by atoms with van der Waals surface area (Å²) in [7, 11) is 0. The monoisotopic (exact) mass is 368 g/mol. The van der Waals surface area contributed by atoms with Gasteiger partial charge in [0.25, 0.3) is 0 Å². The lowest BCUT2D eigenvalue weighted by Crippen LogP contribution is -2.09. The molecule has 0 fully saturated rings. The van der Waals surface area contributed by atoms with Gasteiger partial charge in [-0.25, -0.2) is 0 Å². The van der Waals surface area contributed by atoms with Gasteiger partial charge in [0.15, 0.2) is 0 Å². The number of carbonyl (C=O) groups excluding carboxylic acids is 2. The maximum absolute atomic E-state index is 11.8. The molecule has 0 saturated carbocycles. The molecule has 0 atom stereocenters. The molecule has 4 heteroatoms. The van der Waals surface area contributed by atoms with E-state index in [1.807, 2.05) is 48.5 Å². The highest BCUT2D eigenvalue weighted by Crippen LogP contribution is 2.16. The Morgan fingerprint density at radius 1 is 0.630 bits per heavy atom. The minimum Gasteiger partial charge on any atom is -0.427 e. The highest BCUT2D eigenvalue weighted by atomic mass is 16.5. The quantitative estimate of drug-likeness (QED) is 0.325. The molecular weight excluding hydrogens is 340 g/mol. The van der Waals surface area contributed by atoms with Crippen molar-refractivity contribution in [3.8, 4) is 11.5 Å². The van der Waals surface area contributed by atoms with Gasteiger partial charge in [0.2, 0.25) is 0 Å². The Labute approximate surface area is 161 Å². The van der Waals surface area contributed by atoms with E-state index in [0.717, 1.165) is 19.3 Å². The molecular formula is C23H28O4. The lowest BCUT2D eigenvalue weighted by Gasteiger charge is -2.06. The van der Waals surface area contributed by atoms with Gasteiger partial charge in [-0.1, -0.05) is 44.5 Å². The van der Waals surface area contributed by atoms with Crippen LogP contribution in [0.2, 0.25) is 0 Å². The van der Waals surface area contributed by atoms with Gasteiger partial charge >= 0.3 is 11.9 Å². The molecule has 0 aromatic heterocycles. The van der Waals surface area contributed by atoms with Crippen LogP contribution >= 0.6 is 0 Å². The first kappa shape index (κ1) is 20.7. The molecule has 2 aromatic rings. The number of benzene rings is 2. The summed E-state index contributed by atoms with van der Waals surface area (Å²) in [6, 6.07) is 15.1. The number of ether oxygens (including phenoxy) is 2. The van der Waals surface area contributed by atoms with Gasteiger partial charge in [0.05, 0.1) is 0 Å². The Balaban J connectivity index is 1.58. The molecule has 0 unspecified atom stereocenters. The molecule has 27 heavy (non-hydrogen) atoms. The zero-order valence-electron chi connectivity index (χ0n) is 16.2. The second-order valence-corrected chi connectivity index (χ2v) is 6.50. The molecule has 0 aliphatic carbocycles. The maximum atomic E-state index is 11.8. The first-order valence-electron chi connectivity index (χ1n) is 9.70. The Morgan fingerprint density at radius 3 is 1.33 bits per heavy atom. The predicted molar refractivity (Wildman–Crippen MR) is 106 cm³/mol. The number of hydrogen-bond acceptors (Lipinski definition) is 4. The van der Waals surface area contributed by atoms with E-state index < -0.39 is 0 Å². The molecule has 2 rings (SSSR count). The molecule has 4 nitrogen and oxygen atoms in total. The van der Waals surface area contributed by atoms with E-state index >= 15 is 0 Å². The standard InChI is InChI=1S/C23H28O4/c1-3-18-10-14-20(15-11-18)26-22(24)8-6-5-7-9-23(25)27-21-16-12-19(4-2)13-17-21/h10-17H,3-9H2,1-2H3. The van der Waals surface area contributed by atoms with Crippen molar-refractivity contribution in [2.45, 2.75) is 58.8 Å². The first-order valence-corrected chi connectivity index (χ1v) is 9.70. The summed E-state index contributed by atoms with van der Waals surface area (Å²) < 4.78 is 10.6. The Hall–Kier alpha value is -2.62. The number of aryl methyl sites for hydroxylation is 2. The number of hydrogen-bond donors (Lipinski definition) is 0. The molecule has 0 spiro atoms. The molecule has 0 N–H and O–H groups in total. The third kappa shape index (κ3) is 7.65. The fourth-order valence-corrected chi connectivity index (χ4v) is 2.67. The molecule has 0 saturated heterocycles. The SMILES string of the molecule is CCc1ccc(OC(=O)CCCCCC(=O)Oc2ccc(CC)cc2)cc1. The highest BCUT2D eigenvalue weighted by molar-refractivity contribution is 5.73. The highest BCUT2D eigenvalue weighted by Gasteiger charge is 2.07. The minimum atomic E-state index is -0.238. The second kappa shape index (κ2) is 11.2. The van der Waals surface area contributed by atoms with Gasteiger partial charge in [-0.3, -0.25) is 9.59 Å². The molecule has 0 aliphatic heterocycles. The van der Waals surface area contributed by atoms with Crippen LogP contribution in [-0.2, 0) is 22.4 Å². The first-order chi connectivity index (χ1) is 13.1. The molecule has 144 valence electrons. The summed E-state index contributed by atoms with van der Waals surface area (Å²) in [5.41, 5.74) is 2.42. The summed E-state index contributed by atoms with van der Waals surface area (Å²) in [6.07, 6.45) is 4.80. The number of rotatable bonds is 10. The summed E-state index contributed by atoms with van der Waals surface area (Å²) in [5, 5.41) is 0. The van der Waals surface area contributed by atoms with Crippen LogP contribution in [0.5, 0.6) is 11.5 Å². The van der Waals surface area contributed by atoms with Gasteiger partial charge in [-0.05, 0) is 61.1 Å². The van der Waals surface area contributed by atoms with Crippen molar-refractivity contribution in [2.24, 2.45) is 0 Å². The fraction of sp³-hybridized carbons (Fsp3) is 0.391. The van der Waals surface area contributed by atoms with Crippen molar-refractivity contribution >= 4 is 11.9 Å². The lowest BCUT2D eigenvalue weighted by molar-refractivity contribution is -0.134. The zero-order valence-corrected chi connectivity index (χ0v) is 16.2. The topological polar surface area (TPSA) is 52.6 Å². The largest absolute Gasteiger partial charge is 0.427 e. The van der Waals surface area contributed by atoms with E-state index in [0.29, 0.717) is 37.2 Å². The van der Waals surface area contributed by atoms with Crippen LogP contribution in [0, 0.1) is 0 Å². The van der Waals surface area contributed by atoms with E-state index in [-0.39, 0.29) is 11.9 Å². The van der Waals surface area contributed by atoms with Crippen LogP contribution in [0.1, 0.15) is 57.1 Å². The van der Waals surface area contributed by atoms with Crippen molar-refractivity contribution in [1.29, 1.82) is 0 Å². The van der Waals surface area contributed by atoms with Crippen LogP contribution in [0.15, 0.2) is 48.5 Å². The summed E-state index contributed by atoms with van der Waals surface area (Å²) in [6.45, 7) is 4.16. The molecule has 0 bridgehead atoms. The van der Waals surface area contributed by atoms with Crippen molar-refractivity contribution in [3.63, 3.8) is 0 Å². The number of esters is 2. The average molecular weight is 368 g/mol. The van der Waals surface area contributed by atoms with E-state index in [9.17, 15) is 9.59 Å². The summed E-state index contributed by atoms with van der Waals surface area (Å²) in [5.74, 6) is 0.681. The van der Waals surface area contributed by atoms with Gasteiger partial charge in [0.1, 0.15) is 11.5 Å². The summed E-state index contributed by atoms with van der Waals surface area (Å²) in [4.78, 5) is 23.7. The number of carbonyl (C=O) groups is 2. The number of unbranched alkanes of at least 4 members (excludes halogenated alkanes) is 2. The van der Waals surface area contributed by atoms with Crippen LogP contribution in [0.25, 0.3) is 0 Å². The third-order valence-electron chi connectivity index (χ3n) is 4.39. The summed E-state index contributed by atoms with van der Waals surface area (Å²) >= 11 is 0. The van der Waals surface area contributed by atoms with Crippen molar-refractivity contribution in [1.82, 2.24) is 0 Å². The van der Waals surface area contributed by atoms with E-state index in [1.54, 1.807) is 0 Å². The van der Waals surface area contributed by atoms with Gasteiger partial charge < -0.3 is 9.47 Å². The van der Waals surface area contributed by atoms with Crippen LogP contribution in [0.4, 0.5) is 0 Å². The van der Waals surface area contributed by atoms with E-state index in [2.05, 4.69) is 13.8 Å². The van der Waals surface area contributed by atoms with Gasteiger partial charge in [-0.2, -0.15) is 0 Å². The molecule has 0 heterocycles. The fourth-order valence-electron chi connectivity index (χ4n) is 2.67. The Kier molecular flexibility index (Phi) is 8.56. The van der Waals surface area contributed by atoms with Crippen LogP contribution < -0.4 is 9.47 Å². The van der Waals surface area contributed by atoms with Crippen molar-refractivity contribution in [2.75, 3.05) is 0 Å². The predicted octanol–water partition coefficient (Wildman–Crippen LogP) is 5.27. The lowest BCUT2D eigenvalue weighted by atomic mass is 10.1.